The van der Waals surface area contributed by atoms with Gasteiger partial charge in [-0.25, -0.2) is 4.79 Å². The van der Waals surface area contributed by atoms with Crippen LogP contribution in [0, 0.1) is 0 Å². The van der Waals surface area contributed by atoms with Crippen LogP contribution in [0.2, 0.25) is 0 Å². The lowest BCUT2D eigenvalue weighted by Crippen LogP contribution is -2.46. The van der Waals surface area contributed by atoms with E-state index in [1.165, 1.54) is 19.3 Å². The number of nitrogens with one attached hydrogen (secondary N) is 1. The highest BCUT2D eigenvalue weighted by molar-refractivity contribution is 5.73. The molecular formula is C13H27N3O. The normalized spacial score (nSPS) is 24.5. The Morgan fingerprint density at radius 2 is 1.76 bits per heavy atom. The zero-order valence-corrected chi connectivity index (χ0v) is 11.7. The summed E-state index contributed by atoms with van der Waals surface area (Å²) in [6.07, 6.45) is 5.82. The van der Waals surface area contributed by atoms with Gasteiger partial charge in [-0.1, -0.05) is 6.92 Å². The molecular weight excluding hydrogens is 214 g/mol. The standard InChI is InChI=1S/C13H27N3O/c1-5-10-14-11-6-8-12(9-7-11)16(4)13(17)15(2)3/h11-12,14H,5-10H2,1-4H3. The van der Waals surface area contributed by atoms with Gasteiger partial charge in [0.2, 0.25) is 0 Å². The van der Waals surface area contributed by atoms with Gasteiger partial charge in [0.15, 0.2) is 0 Å². The molecule has 0 spiro atoms. The number of urea groups is 1. The van der Waals surface area contributed by atoms with Crippen LogP contribution in [0.5, 0.6) is 0 Å². The SMILES string of the molecule is CCCNC1CCC(N(C)C(=O)N(C)C)CC1. The Morgan fingerprint density at radius 1 is 1.18 bits per heavy atom. The summed E-state index contributed by atoms with van der Waals surface area (Å²) in [5.74, 6) is 0. The average Bonchev–Trinajstić information content (AvgIpc) is 2.35. The van der Waals surface area contributed by atoms with Gasteiger partial charge in [-0.05, 0) is 38.6 Å². The molecule has 0 radical (unpaired) electrons. The summed E-state index contributed by atoms with van der Waals surface area (Å²) in [6.45, 7) is 3.31. The lowest BCUT2D eigenvalue weighted by atomic mass is 9.90. The van der Waals surface area contributed by atoms with Crippen LogP contribution in [0.15, 0.2) is 0 Å². The maximum Gasteiger partial charge on any atom is 0.319 e. The van der Waals surface area contributed by atoms with E-state index < -0.39 is 0 Å². The van der Waals surface area contributed by atoms with Gasteiger partial charge in [0, 0.05) is 33.2 Å². The first-order chi connectivity index (χ1) is 8.06. The van der Waals surface area contributed by atoms with E-state index in [1.807, 2.05) is 26.0 Å². The van der Waals surface area contributed by atoms with E-state index in [-0.39, 0.29) is 6.03 Å². The lowest BCUT2D eigenvalue weighted by molar-refractivity contribution is 0.144. The van der Waals surface area contributed by atoms with Crippen molar-refractivity contribution in [2.45, 2.75) is 51.1 Å². The molecule has 0 unspecified atom stereocenters. The maximum absolute atomic E-state index is 11.8. The molecule has 0 bridgehead atoms. The second-order valence-electron chi connectivity index (χ2n) is 5.25. The van der Waals surface area contributed by atoms with Crippen LogP contribution in [-0.4, -0.2) is 55.6 Å². The fourth-order valence-electron chi connectivity index (χ4n) is 2.49. The molecule has 4 heteroatoms. The molecule has 100 valence electrons. The van der Waals surface area contributed by atoms with Crippen LogP contribution in [0.4, 0.5) is 4.79 Å². The number of rotatable bonds is 4. The van der Waals surface area contributed by atoms with Crippen molar-refractivity contribution in [3.05, 3.63) is 0 Å². The van der Waals surface area contributed by atoms with Gasteiger partial charge in [0.25, 0.3) is 0 Å². The Hall–Kier alpha value is -0.770. The number of hydrogen-bond donors (Lipinski definition) is 1. The topological polar surface area (TPSA) is 35.6 Å². The number of carbonyl (C=O) groups excluding carboxylic acids is 1. The van der Waals surface area contributed by atoms with Crippen molar-refractivity contribution in [2.75, 3.05) is 27.7 Å². The van der Waals surface area contributed by atoms with Crippen LogP contribution in [0.3, 0.4) is 0 Å². The molecule has 1 rings (SSSR count). The molecule has 4 nitrogen and oxygen atoms in total. The molecule has 1 aliphatic rings. The van der Waals surface area contributed by atoms with E-state index in [9.17, 15) is 4.79 Å². The van der Waals surface area contributed by atoms with Gasteiger partial charge in [-0.15, -0.1) is 0 Å². The molecule has 1 fully saturated rings. The number of amides is 2. The number of carbonyl (C=O) groups is 1. The van der Waals surface area contributed by atoms with E-state index in [1.54, 1.807) is 4.90 Å². The number of hydrogen-bond acceptors (Lipinski definition) is 2. The fourth-order valence-corrected chi connectivity index (χ4v) is 2.49. The highest BCUT2D eigenvalue weighted by atomic mass is 16.2. The summed E-state index contributed by atoms with van der Waals surface area (Å²) < 4.78 is 0. The smallest absolute Gasteiger partial charge is 0.319 e. The molecule has 1 N–H and O–H groups in total. The first kappa shape index (κ1) is 14.3. The first-order valence-corrected chi connectivity index (χ1v) is 6.73. The Morgan fingerprint density at radius 3 is 2.24 bits per heavy atom. The summed E-state index contributed by atoms with van der Waals surface area (Å²) in [6, 6.07) is 1.20. The predicted octanol–water partition coefficient (Wildman–Crippen LogP) is 1.91. The quantitative estimate of drug-likeness (QED) is 0.816. The minimum atomic E-state index is 0.120. The Kier molecular flexibility index (Phi) is 5.75. The van der Waals surface area contributed by atoms with Crippen molar-refractivity contribution in [1.29, 1.82) is 0 Å². The Bertz CT molecular complexity index is 235. The maximum atomic E-state index is 11.8. The third-order valence-electron chi connectivity index (χ3n) is 3.61. The van der Waals surface area contributed by atoms with E-state index in [2.05, 4.69) is 12.2 Å². The predicted molar refractivity (Wildman–Crippen MR) is 71.2 cm³/mol. The minimum Gasteiger partial charge on any atom is -0.331 e. The monoisotopic (exact) mass is 241 g/mol. The molecule has 1 aliphatic carbocycles. The van der Waals surface area contributed by atoms with Crippen molar-refractivity contribution >= 4 is 6.03 Å². The average molecular weight is 241 g/mol. The van der Waals surface area contributed by atoms with Gasteiger partial charge in [-0.3, -0.25) is 0 Å². The van der Waals surface area contributed by atoms with Crippen LogP contribution in [0.1, 0.15) is 39.0 Å². The molecule has 17 heavy (non-hydrogen) atoms. The molecule has 0 aromatic rings. The van der Waals surface area contributed by atoms with Gasteiger partial charge in [0.1, 0.15) is 0 Å². The van der Waals surface area contributed by atoms with E-state index in [0.29, 0.717) is 12.1 Å². The first-order valence-electron chi connectivity index (χ1n) is 6.73. The fraction of sp³-hybridized carbons (Fsp3) is 0.923. The molecule has 0 aromatic heterocycles. The van der Waals surface area contributed by atoms with Crippen molar-refractivity contribution < 1.29 is 4.79 Å². The van der Waals surface area contributed by atoms with Crippen molar-refractivity contribution in [1.82, 2.24) is 15.1 Å². The molecule has 1 saturated carbocycles. The summed E-state index contributed by atoms with van der Waals surface area (Å²) in [4.78, 5) is 15.4. The highest BCUT2D eigenvalue weighted by Crippen LogP contribution is 2.22. The Labute approximate surface area is 105 Å². The second kappa shape index (κ2) is 6.84. The zero-order valence-electron chi connectivity index (χ0n) is 11.7. The highest BCUT2D eigenvalue weighted by Gasteiger charge is 2.26. The van der Waals surface area contributed by atoms with Crippen LogP contribution < -0.4 is 5.32 Å². The third kappa shape index (κ3) is 4.19. The van der Waals surface area contributed by atoms with Crippen molar-refractivity contribution in [3.63, 3.8) is 0 Å². The van der Waals surface area contributed by atoms with Crippen LogP contribution in [-0.2, 0) is 0 Å². The molecule has 0 aliphatic heterocycles. The Balaban J connectivity index is 2.33. The molecule has 2 amide bonds. The second-order valence-corrected chi connectivity index (χ2v) is 5.25. The van der Waals surface area contributed by atoms with Gasteiger partial charge in [-0.2, -0.15) is 0 Å². The minimum absolute atomic E-state index is 0.120. The van der Waals surface area contributed by atoms with E-state index in [4.69, 9.17) is 0 Å². The molecule has 0 heterocycles. The van der Waals surface area contributed by atoms with Crippen molar-refractivity contribution in [3.8, 4) is 0 Å². The molecule has 0 atom stereocenters. The lowest BCUT2D eigenvalue weighted by Gasteiger charge is -2.36. The van der Waals surface area contributed by atoms with Crippen LogP contribution in [0.25, 0.3) is 0 Å². The van der Waals surface area contributed by atoms with Gasteiger partial charge < -0.3 is 15.1 Å². The summed E-state index contributed by atoms with van der Waals surface area (Å²) in [7, 11) is 5.55. The summed E-state index contributed by atoms with van der Waals surface area (Å²) >= 11 is 0. The summed E-state index contributed by atoms with van der Waals surface area (Å²) in [5.41, 5.74) is 0. The van der Waals surface area contributed by atoms with E-state index >= 15 is 0 Å². The zero-order chi connectivity index (χ0) is 12.8. The largest absolute Gasteiger partial charge is 0.331 e. The third-order valence-corrected chi connectivity index (χ3v) is 3.61. The molecule has 0 aromatic carbocycles. The number of nitrogens with zero attached hydrogens (tertiary/aromatic N) is 2. The molecule has 0 saturated heterocycles. The van der Waals surface area contributed by atoms with Gasteiger partial charge in [0.05, 0.1) is 0 Å². The van der Waals surface area contributed by atoms with Crippen molar-refractivity contribution in [2.24, 2.45) is 0 Å². The van der Waals surface area contributed by atoms with Crippen LogP contribution >= 0.6 is 0 Å². The van der Waals surface area contributed by atoms with E-state index in [0.717, 1.165) is 19.4 Å². The summed E-state index contributed by atoms with van der Waals surface area (Å²) in [5, 5.41) is 3.57. The van der Waals surface area contributed by atoms with Gasteiger partial charge >= 0.3 is 6.03 Å².